The highest BCUT2D eigenvalue weighted by Gasteiger charge is 2.09. The van der Waals surface area contributed by atoms with E-state index in [1.54, 1.807) is 42.5 Å². The number of carbonyl (C=O) groups excluding carboxylic acids is 1. The number of nitrogens with one attached hydrogen (secondary N) is 1. The van der Waals surface area contributed by atoms with Crippen LogP contribution in [0.3, 0.4) is 0 Å². The summed E-state index contributed by atoms with van der Waals surface area (Å²) in [7, 11) is 0. The van der Waals surface area contributed by atoms with Gasteiger partial charge in [-0.25, -0.2) is 5.43 Å². The van der Waals surface area contributed by atoms with Gasteiger partial charge < -0.3 is 9.15 Å². The lowest BCUT2D eigenvalue weighted by molar-refractivity contribution is -0.123. The number of halogens is 3. The van der Waals surface area contributed by atoms with Crippen molar-refractivity contribution < 1.29 is 13.9 Å². The largest absolute Gasteiger partial charge is 0.484 e. The van der Waals surface area contributed by atoms with Crippen LogP contribution < -0.4 is 10.2 Å². The third-order valence-electron chi connectivity index (χ3n) is 3.98. The first-order chi connectivity index (χ1) is 13.8. The summed E-state index contributed by atoms with van der Waals surface area (Å²) in [5.74, 6) is 1.15. The Morgan fingerprint density at radius 3 is 2.55 bits per heavy atom. The zero-order chi connectivity index (χ0) is 21.0. The van der Waals surface area contributed by atoms with Crippen molar-refractivity contribution in [3.05, 3.63) is 74.4 Å². The van der Waals surface area contributed by atoms with Crippen LogP contribution in [0.1, 0.15) is 16.9 Å². The van der Waals surface area contributed by atoms with Gasteiger partial charge in [0.1, 0.15) is 17.3 Å². The fraction of sp³-hybridized carbons (Fsp3) is 0.143. The van der Waals surface area contributed by atoms with Gasteiger partial charge in [-0.15, -0.1) is 0 Å². The third kappa shape index (κ3) is 5.54. The van der Waals surface area contributed by atoms with Crippen LogP contribution in [0.2, 0.25) is 15.1 Å². The molecule has 0 radical (unpaired) electrons. The van der Waals surface area contributed by atoms with E-state index in [9.17, 15) is 4.79 Å². The maximum absolute atomic E-state index is 11.9. The average molecular weight is 452 g/mol. The van der Waals surface area contributed by atoms with Crippen LogP contribution in [0.15, 0.2) is 52.0 Å². The van der Waals surface area contributed by atoms with Crippen LogP contribution >= 0.6 is 34.8 Å². The highest BCUT2D eigenvalue weighted by atomic mass is 35.5. The monoisotopic (exact) mass is 450 g/mol. The van der Waals surface area contributed by atoms with E-state index in [2.05, 4.69) is 10.5 Å². The van der Waals surface area contributed by atoms with E-state index < -0.39 is 5.91 Å². The minimum atomic E-state index is -0.406. The van der Waals surface area contributed by atoms with Crippen LogP contribution in [0.5, 0.6) is 5.75 Å². The lowest BCUT2D eigenvalue weighted by Crippen LogP contribution is -2.24. The number of hydrogen-bond donors (Lipinski definition) is 1. The van der Waals surface area contributed by atoms with Crippen molar-refractivity contribution in [1.82, 2.24) is 5.43 Å². The van der Waals surface area contributed by atoms with Gasteiger partial charge in [0.15, 0.2) is 6.61 Å². The average Bonchev–Trinajstić information content (AvgIpc) is 3.15. The number of hydrogen-bond acceptors (Lipinski definition) is 4. The summed E-state index contributed by atoms with van der Waals surface area (Å²) in [6, 6.07) is 12.1. The van der Waals surface area contributed by atoms with Gasteiger partial charge in [0, 0.05) is 15.6 Å². The molecule has 0 unspecified atom stereocenters. The van der Waals surface area contributed by atoms with Gasteiger partial charge in [-0.3, -0.25) is 4.79 Å². The van der Waals surface area contributed by atoms with E-state index in [0.717, 1.165) is 11.1 Å². The van der Waals surface area contributed by atoms with Crippen molar-refractivity contribution in [3.8, 4) is 17.1 Å². The molecule has 0 saturated heterocycles. The first kappa shape index (κ1) is 21.2. The molecule has 150 valence electrons. The summed E-state index contributed by atoms with van der Waals surface area (Å²) >= 11 is 18.3. The lowest BCUT2D eigenvalue weighted by Gasteiger charge is -2.09. The molecule has 0 fully saturated rings. The molecule has 1 N–H and O–H groups in total. The smallest absolute Gasteiger partial charge is 0.277 e. The van der Waals surface area contributed by atoms with Crippen LogP contribution in [-0.2, 0) is 4.79 Å². The number of ether oxygens (including phenoxy) is 1. The highest BCUT2D eigenvalue weighted by molar-refractivity contribution is 6.35. The van der Waals surface area contributed by atoms with Crippen molar-refractivity contribution >= 4 is 46.9 Å². The molecule has 1 aromatic heterocycles. The van der Waals surface area contributed by atoms with Crippen molar-refractivity contribution in [3.63, 3.8) is 0 Å². The minimum Gasteiger partial charge on any atom is -0.484 e. The van der Waals surface area contributed by atoms with E-state index in [0.29, 0.717) is 37.9 Å². The van der Waals surface area contributed by atoms with Crippen LogP contribution in [0.25, 0.3) is 11.3 Å². The van der Waals surface area contributed by atoms with Gasteiger partial charge in [-0.05, 0) is 67.4 Å². The van der Waals surface area contributed by atoms with E-state index in [4.69, 9.17) is 44.0 Å². The number of rotatable bonds is 6. The molecule has 2 aromatic carbocycles. The number of hydrazone groups is 1. The predicted octanol–water partition coefficient (Wildman–Crippen LogP) is 6.05. The highest BCUT2D eigenvalue weighted by Crippen LogP contribution is 2.31. The number of amides is 1. The molecule has 0 spiro atoms. The Kier molecular flexibility index (Phi) is 6.85. The molecule has 5 nitrogen and oxygen atoms in total. The van der Waals surface area contributed by atoms with Crippen LogP contribution in [0, 0.1) is 13.8 Å². The maximum Gasteiger partial charge on any atom is 0.277 e. The summed E-state index contributed by atoms with van der Waals surface area (Å²) in [4.78, 5) is 11.9. The van der Waals surface area contributed by atoms with E-state index in [1.165, 1.54) is 6.21 Å². The topological polar surface area (TPSA) is 63.8 Å². The Bertz CT molecular complexity index is 1050. The van der Waals surface area contributed by atoms with Crippen molar-refractivity contribution in [2.45, 2.75) is 13.8 Å². The predicted molar refractivity (Wildman–Crippen MR) is 116 cm³/mol. The van der Waals surface area contributed by atoms with E-state index in [1.807, 2.05) is 13.8 Å². The fourth-order valence-corrected chi connectivity index (χ4v) is 3.08. The molecule has 0 aliphatic rings. The van der Waals surface area contributed by atoms with Crippen molar-refractivity contribution in [2.24, 2.45) is 5.10 Å². The fourth-order valence-electron chi connectivity index (χ4n) is 2.59. The maximum atomic E-state index is 11.9. The second kappa shape index (κ2) is 9.35. The minimum absolute atomic E-state index is 0.181. The van der Waals surface area contributed by atoms with Gasteiger partial charge in [-0.1, -0.05) is 34.8 Å². The molecule has 0 atom stereocenters. The normalized spacial score (nSPS) is 11.1. The summed E-state index contributed by atoms with van der Waals surface area (Å²) in [6.45, 7) is 3.57. The van der Waals surface area contributed by atoms with Crippen molar-refractivity contribution in [2.75, 3.05) is 6.61 Å². The van der Waals surface area contributed by atoms with Crippen LogP contribution in [0.4, 0.5) is 0 Å². The number of carbonyl (C=O) groups is 1. The molecule has 0 aliphatic heterocycles. The third-order valence-corrected chi connectivity index (χ3v) is 5.14. The molecule has 8 heteroatoms. The number of benzene rings is 2. The summed E-state index contributed by atoms with van der Waals surface area (Å²) in [6.07, 6.45) is 1.39. The Hall–Kier alpha value is -2.47. The van der Waals surface area contributed by atoms with Crippen molar-refractivity contribution in [1.29, 1.82) is 0 Å². The number of aryl methyl sites for hydroxylation is 2. The molecule has 3 rings (SSSR count). The van der Waals surface area contributed by atoms with Gasteiger partial charge >= 0.3 is 0 Å². The first-order valence-corrected chi connectivity index (χ1v) is 9.73. The molecule has 1 heterocycles. The van der Waals surface area contributed by atoms with E-state index >= 15 is 0 Å². The second-order valence-electron chi connectivity index (χ2n) is 6.28. The Morgan fingerprint density at radius 2 is 1.83 bits per heavy atom. The second-order valence-corrected chi connectivity index (χ2v) is 7.50. The van der Waals surface area contributed by atoms with Gasteiger partial charge in [0.05, 0.1) is 11.2 Å². The standard InChI is InChI=1S/C21H17Cl3N2O3/c1-12-7-16(8-13(2)21(12)24)28-11-20(27)26-25-10-15-4-6-19(29-15)17-9-14(22)3-5-18(17)23/h3-10H,11H2,1-2H3,(H,26,27)/b25-10+. The number of furan rings is 1. The van der Waals surface area contributed by atoms with Crippen LogP contribution in [-0.4, -0.2) is 18.7 Å². The van der Waals surface area contributed by atoms with E-state index in [-0.39, 0.29) is 6.61 Å². The molecule has 29 heavy (non-hydrogen) atoms. The lowest BCUT2D eigenvalue weighted by atomic mass is 10.1. The summed E-state index contributed by atoms with van der Waals surface area (Å²) in [5, 5.41) is 5.62. The molecule has 0 bridgehead atoms. The summed E-state index contributed by atoms with van der Waals surface area (Å²) in [5.41, 5.74) is 4.82. The van der Waals surface area contributed by atoms with Gasteiger partial charge in [0.2, 0.25) is 0 Å². The zero-order valence-corrected chi connectivity index (χ0v) is 17.9. The molecular formula is C21H17Cl3N2O3. The molecule has 0 aliphatic carbocycles. The Morgan fingerprint density at radius 1 is 1.10 bits per heavy atom. The van der Waals surface area contributed by atoms with Gasteiger partial charge in [0.25, 0.3) is 5.91 Å². The summed E-state index contributed by atoms with van der Waals surface area (Å²) < 4.78 is 11.1. The Balaban J connectivity index is 1.56. The molecular weight excluding hydrogens is 435 g/mol. The first-order valence-electron chi connectivity index (χ1n) is 8.60. The molecule has 1 amide bonds. The molecule has 0 saturated carbocycles. The quantitative estimate of drug-likeness (QED) is 0.366. The SMILES string of the molecule is Cc1cc(OCC(=O)N/N=C/c2ccc(-c3cc(Cl)ccc3Cl)o2)cc(C)c1Cl. The van der Waals surface area contributed by atoms with Gasteiger partial charge in [-0.2, -0.15) is 5.10 Å². The molecule has 3 aromatic rings. The zero-order valence-electron chi connectivity index (χ0n) is 15.6. The number of nitrogens with zero attached hydrogens (tertiary/aromatic N) is 1. The Labute approximate surface area is 183 Å².